The van der Waals surface area contributed by atoms with Gasteiger partial charge in [0.05, 0.1) is 11.8 Å². The van der Waals surface area contributed by atoms with E-state index in [1.54, 1.807) is 29.7 Å². The Kier molecular flexibility index (Phi) is 5.12. The number of aromatic nitrogens is 2. The lowest BCUT2D eigenvalue weighted by molar-refractivity contribution is -0.128. The molecule has 2 heterocycles. The molecule has 0 unspecified atom stereocenters. The van der Waals surface area contributed by atoms with Gasteiger partial charge in [-0.05, 0) is 30.7 Å². The number of carbonyl (C=O) groups is 1. The fourth-order valence-electron chi connectivity index (χ4n) is 1.74. The maximum absolute atomic E-state index is 12.2. The van der Waals surface area contributed by atoms with Crippen molar-refractivity contribution >= 4 is 17.7 Å². The minimum absolute atomic E-state index is 0.0224. The van der Waals surface area contributed by atoms with Crippen molar-refractivity contribution in [2.45, 2.75) is 17.9 Å². The summed E-state index contributed by atoms with van der Waals surface area (Å²) in [5.74, 6) is 0.522. The van der Waals surface area contributed by atoms with E-state index >= 15 is 0 Å². The predicted molar refractivity (Wildman–Crippen MR) is 80.4 cm³/mol. The molecule has 0 N–H and O–H groups in total. The van der Waals surface area contributed by atoms with E-state index in [-0.39, 0.29) is 11.9 Å². The zero-order chi connectivity index (χ0) is 14.4. The van der Waals surface area contributed by atoms with Crippen LogP contribution < -0.4 is 0 Å². The van der Waals surface area contributed by atoms with E-state index in [0.29, 0.717) is 5.75 Å². The second-order valence-corrected chi connectivity index (χ2v) is 5.49. The standard InChI is InChI=1S/C15H17N3OS/c1-12(13-4-3-7-17-10-13)18(2)15(19)11-20-14-5-8-16-9-6-14/h3-10,12H,11H2,1-2H3/t12-/m1/s1. The smallest absolute Gasteiger partial charge is 0.233 e. The van der Waals surface area contributed by atoms with E-state index in [1.807, 2.05) is 38.2 Å². The van der Waals surface area contributed by atoms with Gasteiger partial charge in [0.25, 0.3) is 0 Å². The van der Waals surface area contributed by atoms with Crippen LogP contribution in [0.4, 0.5) is 0 Å². The number of rotatable bonds is 5. The molecule has 0 aliphatic carbocycles. The molecule has 4 nitrogen and oxygen atoms in total. The lowest BCUT2D eigenvalue weighted by atomic mass is 10.1. The van der Waals surface area contributed by atoms with Crippen LogP contribution in [0.25, 0.3) is 0 Å². The number of pyridine rings is 2. The van der Waals surface area contributed by atoms with Gasteiger partial charge in [0.2, 0.25) is 5.91 Å². The molecule has 0 radical (unpaired) electrons. The molecule has 104 valence electrons. The summed E-state index contributed by atoms with van der Waals surface area (Å²) in [7, 11) is 1.83. The molecule has 0 fully saturated rings. The van der Waals surface area contributed by atoms with E-state index in [9.17, 15) is 4.79 Å². The van der Waals surface area contributed by atoms with Crippen LogP contribution in [0.15, 0.2) is 53.9 Å². The van der Waals surface area contributed by atoms with E-state index in [4.69, 9.17) is 0 Å². The zero-order valence-corrected chi connectivity index (χ0v) is 12.4. The molecule has 0 aliphatic heterocycles. The van der Waals surface area contributed by atoms with Gasteiger partial charge in [-0.3, -0.25) is 14.8 Å². The molecular formula is C15H17N3OS. The van der Waals surface area contributed by atoms with E-state index in [0.717, 1.165) is 10.5 Å². The normalized spacial score (nSPS) is 11.9. The van der Waals surface area contributed by atoms with Gasteiger partial charge in [-0.1, -0.05) is 6.07 Å². The summed E-state index contributed by atoms with van der Waals surface area (Å²) in [6.07, 6.45) is 6.99. The maximum Gasteiger partial charge on any atom is 0.233 e. The Morgan fingerprint density at radius 1 is 1.25 bits per heavy atom. The fraction of sp³-hybridized carbons (Fsp3) is 0.267. The fourth-order valence-corrected chi connectivity index (χ4v) is 2.55. The minimum Gasteiger partial charge on any atom is -0.338 e. The summed E-state index contributed by atoms with van der Waals surface area (Å²) in [5, 5.41) is 0. The van der Waals surface area contributed by atoms with Crippen molar-refractivity contribution in [3.05, 3.63) is 54.6 Å². The Bertz CT molecular complexity index is 548. The van der Waals surface area contributed by atoms with Crippen molar-refractivity contribution in [1.29, 1.82) is 0 Å². The predicted octanol–water partition coefficient (Wildman–Crippen LogP) is 2.79. The summed E-state index contributed by atoms with van der Waals surface area (Å²) in [5.41, 5.74) is 1.04. The first kappa shape index (κ1) is 14.5. The number of hydrogen-bond donors (Lipinski definition) is 0. The molecule has 0 aliphatic rings. The highest BCUT2D eigenvalue weighted by Gasteiger charge is 2.17. The topological polar surface area (TPSA) is 46.1 Å². The summed E-state index contributed by atoms with van der Waals surface area (Å²) < 4.78 is 0. The summed E-state index contributed by atoms with van der Waals surface area (Å²) in [6.45, 7) is 2.01. The number of thioether (sulfide) groups is 1. The molecule has 20 heavy (non-hydrogen) atoms. The van der Waals surface area contributed by atoms with Crippen molar-refractivity contribution in [3.63, 3.8) is 0 Å². The van der Waals surface area contributed by atoms with E-state index in [2.05, 4.69) is 9.97 Å². The molecular weight excluding hydrogens is 270 g/mol. The van der Waals surface area contributed by atoms with Gasteiger partial charge < -0.3 is 4.90 Å². The van der Waals surface area contributed by atoms with Crippen LogP contribution in [0.1, 0.15) is 18.5 Å². The van der Waals surface area contributed by atoms with Crippen LogP contribution in [0.3, 0.4) is 0 Å². The van der Waals surface area contributed by atoms with Crippen LogP contribution in [0.2, 0.25) is 0 Å². The van der Waals surface area contributed by atoms with E-state index in [1.165, 1.54) is 11.8 Å². The van der Waals surface area contributed by atoms with Gasteiger partial charge in [-0.2, -0.15) is 0 Å². The summed E-state index contributed by atoms with van der Waals surface area (Å²) in [6, 6.07) is 7.70. The number of amides is 1. The Balaban J connectivity index is 1.92. The van der Waals surface area contributed by atoms with Crippen molar-refractivity contribution in [1.82, 2.24) is 14.9 Å². The second-order valence-electron chi connectivity index (χ2n) is 4.44. The first-order valence-corrected chi connectivity index (χ1v) is 7.35. The van der Waals surface area contributed by atoms with Crippen LogP contribution >= 0.6 is 11.8 Å². The quantitative estimate of drug-likeness (QED) is 0.793. The van der Waals surface area contributed by atoms with Crippen LogP contribution in [-0.4, -0.2) is 33.6 Å². The Morgan fingerprint density at radius 3 is 2.65 bits per heavy atom. The highest BCUT2D eigenvalue weighted by Crippen LogP contribution is 2.21. The third-order valence-electron chi connectivity index (χ3n) is 3.15. The van der Waals surface area contributed by atoms with Crippen molar-refractivity contribution in [2.75, 3.05) is 12.8 Å². The Morgan fingerprint density at radius 2 is 2.00 bits per heavy atom. The average Bonchev–Trinajstić information content (AvgIpc) is 2.53. The minimum atomic E-state index is 0.0224. The lowest BCUT2D eigenvalue weighted by Gasteiger charge is -2.25. The molecule has 0 spiro atoms. The van der Waals surface area contributed by atoms with Gasteiger partial charge in [-0.15, -0.1) is 11.8 Å². The molecule has 0 saturated carbocycles. The van der Waals surface area contributed by atoms with Gasteiger partial charge in [0.1, 0.15) is 0 Å². The van der Waals surface area contributed by atoms with Gasteiger partial charge in [0.15, 0.2) is 0 Å². The number of carbonyl (C=O) groups excluding carboxylic acids is 1. The van der Waals surface area contributed by atoms with Gasteiger partial charge in [-0.25, -0.2) is 0 Å². The van der Waals surface area contributed by atoms with Crippen molar-refractivity contribution < 1.29 is 4.79 Å². The van der Waals surface area contributed by atoms with Crippen molar-refractivity contribution in [2.24, 2.45) is 0 Å². The largest absolute Gasteiger partial charge is 0.338 e. The molecule has 0 saturated heterocycles. The lowest BCUT2D eigenvalue weighted by Crippen LogP contribution is -2.31. The zero-order valence-electron chi connectivity index (χ0n) is 11.6. The first-order chi connectivity index (χ1) is 9.68. The monoisotopic (exact) mass is 287 g/mol. The molecule has 2 aromatic heterocycles. The van der Waals surface area contributed by atoms with Crippen LogP contribution in [0, 0.1) is 0 Å². The van der Waals surface area contributed by atoms with Crippen LogP contribution in [-0.2, 0) is 4.79 Å². The Labute approximate surface area is 123 Å². The van der Waals surface area contributed by atoms with Gasteiger partial charge >= 0.3 is 0 Å². The highest BCUT2D eigenvalue weighted by molar-refractivity contribution is 8.00. The molecule has 2 aromatic rings. The maximum atomic E-state index is 12.2. The van der Waals surface area contributed by atoms with Crippen molar-refractivity contribution in [3.8, 4) is 0 Å². The van der Waals surface area contributed by atoms with E-state index < -0.39 is 0 Å². The third-order valence-corrected chi connectivity index (χ3v) is 4.15. The van der Waals surface area contributed by atoms with Crippen LogP contribution in [0.5, 0.6) is 0 Å². The first-order valence-electron chi connectivity index (χ1n) is 6.37. The third kappa shape index (κ3) is 3.81. The molecule has 0 bridgehead atoms. The molecule has 1 amide bonds. The number of hydrogen-bond acceptors (Lipinski definition) is 4. The SMILES string of the molecule is C[C@H](c1cccnc1)N(C)C(=O)CSc1ccncc1. The Hall–Kier alpha value is -1.88. The summed E-state index contributed by atoms with van der Waals surface area (Å²) in [4.78, 5) is 23.1. The van der Waals surface area contributed by atoms with Gasteiger partial charge in [0, 0.05) is 36.7 Å². The molecule has 5 heteroatoms. The molecule has 0 aromatic carbocycles. The molecule has 1 atom stereocenters. The summed E-state index contributed by atoms with van der Waals surface area (Å²) >= 11 is 1.52. The second kappa shape index (κ2) is 7.05. The highest BCUT2D eigenvalue weighted by atomic mass is 32.2. The number of nitrogens with zero attached hydrogens (tertiary/aromatic N) is 3. The average molecular weight is 287 g/mol. The molecule has 2 rings (SSSR count).